The normalized spacial score (nSPS) is 26.7. The summed E-state index contributed by atoms with van der Waals surface area (Å²) in [7, 11) is 0. The number of hydrogen-bond acceptors (Lipinski definition) is 3. The first-order valence-electron chi connectivity index (χ1n) is 9.29. The molecule has 2 saturated carbocycles. The molecule has 0 aromatic carbocycles. The lowest BCUT2D eigenvalue weighted by atomic mass is 9.86. The summed E-state index contributed by atoms with van der Waals surface area (Å²) in [6, 6.07) is 0. The Bertz CT molecular complexity index is 313. The van der Waals surface area contributed by atoms with Crippen LogP contribution in [0.5, 0.6) is 0 Å². The van der Waals surface area contributed by atoms with E-state index in [4.69, 9.17) is 5.73 Å². The van der Waals surface area contributed by atoms with Crippen molar-refractivity contribution in [3.05, 3.63) is 0 Å². The van der Waals surface area contributed by atoms with Crippen LogP contribution in [-0.4, -0.2) is 43.2 Å². The van der Waals surface area contributed by atoms with Gasteiger partial charge in [-0.2, -0.15) is 0 Å². The number of likely N-dealkylation sites (tertiary alicyclic amines) is 1. The van der Waals surface area contributed by atoms with Crippen molar-refractivity contribution in [2.45, 2.75) is 57.9 Å². The Morgan fingerprint density at radius 3 is 2.10 bits per heavy atom. The Kier molecular flexibility index (Phi) is 4.92. The topological polar surface area (TPSA) is 41.3 Å². The van der Waals surface area contributed by atoms with E-state index in [2.05, 4.69) is 24.1 Å². The number of rotatable bonds is 8. The summed E-state index contributed by atoms with van der Waals surface area (Å²) in [5.41, 5.74) is 6.41. The van der Waals surface area contributed by atoms with Crippen LogP contribution in [0.4, 0.5) is 0 Å². The minimum Gasteiger partial charge on any atom is -0.329 e. The molecule has 1 heterocycles. The Balaban J connectivity index is 1.48. The highest BCUT2D eigenvalue weighted by Crippen LogP contribution is 2.49. The zero-order valence-electron chi connectivity index (χ0n) is 14.1. The molecule has 3 N–H and O–H groups in total. The molecule has 21 heavy (non-hydrogen) atoms. The summed E-state index contributed by atoms with van der Waals surface area (Å²) in [6.45, 7) is 10.4. The number of nitrogens with zero attached hydrogens (tertiary/aromatic N) is 1. The smallest absolute Gasteiger partial charge is 0.0328 e. The third kappa shape index (κ3) is 4.20. The third-order valence-electron chi connectivity index (χ3n) is 6.00. The van der Waals surface area contributed by atoms with Gasteiger partial charge in [-0.05, 0) is 81.8 Å². The minimum absolute atomic E-state index is 0.232. The summed E-state index contributed by atoms with van der Waals surface area (Å²) < 4.78 is 0. The van der Waals surface area contributed by atoms with Crippen LogP contribution >= 0.6 is 0 Å². The SMILES string of the molecule is CC(C)CN1CCC(CN)(NCC(C2CC2)C2CC2)CC1. The van der Waals surface area contributed by atoms with Crippen LogP contribution in [0.25, 0.3) is 0 Å². The van der Waals surface area contributed by atoms with Crippen molar-refractivity contribution in [1.82, 2.24) is 10.2 Å². The van der Waals surface area contributed by atoms with Gasteiger partial charge in [-0.1, -0.05) is 13.8 Å². The molecule has 3 rings (SSSR count). The maximum absolute atomic E-state index is 6.17. The fraction of sp³-hybridized carbons (Fsp3) is 1.00. The van der Waals surface area contributed by atoms with Gasteiger partial charge in [-0.25, -0.2) is 0 Å². The minimum atomic E-state index is 0.232. The van der Waals surface area contributed by atoms with Gasteiger partial charge in [0.25, 0.3) is 0 Å². The molecule has 1 aliphatic heterocycles. The lowest BCUT2D eigenvalue weighted by Gasteiger charge is -2.43. The molecule has 1 saturated heterocycles. The number of hydrogen-bond donors (Lipinski definition) is 2. The molecule has 0 unspecified atom stereocenters. The Hall–Kier alpha value is -0.120. The Morgan fingerprint density at radius 2 is 1.67 bits per heavy atom. The van der Waals surface area contributed by atoms with Gasteiger partial charge in [0.15, 0.2) is 0 Å². The van der Waals surface area contributed by atoms with Crippen molar-refractivity contribution in [3.8, 4) is 0 Å². The summed E-state index contributed by atoms with van der Waals surface area (Å²) in [5.74, 6) is 3.82. The second-order valence-corrected chi connectivity index (χ2v) is 8.40. The molecule has 3 nitrogen and oxygen atoms in total. The largest absolute Gasteiger partial charge is 0.329 e. The van der Waals surface area contributed by atoms with Crippen molar-refractivity contribution in [2.24, 2.45) is 29.4 Å². The van der Waals surface area contributed by atoms with E-state index in [0.29, 0.717) is 0 Å². The Morgan fingerprint density at radius 1 is 1.10 bits per heavy atom. The van der Waals surface area contributed by atoms with Gasteiger partial charge in [0, 0.05) is 18.6 Å². The van der Waals surface area contributed by atoms with Gasteiger partial charge in [0.2, 0.25) is 0 Å². The summed E-state index contributed by atoms with van der Waals surface area (Å²) in [5, 5.41) is 3.95. The predicted molar refractivity (Wildman–Crippen MR) is 89.2 cm³/mol. The van der Waals surface area contributed by atoms with Gasteiger partial charge in [0.1, 0.15) is 0 Å². The quantitative estimate of drug-likeness (QED) is 0.722. The molecule has 0 atom stereocenters. The second-order valence-electron chi connectivity index (χ2n) is 8.40. The van der Waals surface area contributed by atoms with E-state index in [1.54, 1.807) is 0 Å². The van der Waals surface area contributed by atoms with Crippen molar-refractivity contribution in [2.75, 3.05) is 32.7 Å². The second kappa shape index (κ2) is 6.55. The summed E-state index contributed by atoms with van der Waals surface area (Å²) >= 11 is 0. The molecular weight excluding hydrogens is 258 g/mol. The molecule has 3 fully saturated rings. The van der Waals surface area contributed by atoms with Crippen LogP contribution in [0.15, 0.2) is 0 Å². The Labute approximate surface area is 131 Å². The predicted octanol–water partition coefficient (Wildman–Crippen LogP) is 2.46. The maximum atomic E-state index is 6.17. The fourth-order valence-corrected chi connectivity index (χ4v) is 4.23. The van der Waals surface area contributed by atoms with E-state index in [-0.39, 0.29) is 5.54 Å². The van der Waals surface area contributed by atoms with Crippen LogP contribution in [0.2, 0.25) is 0 Å². The highest BCUT2D eigenvalue weighted by molar-refractivity contribution is 4.98. The molecule has 3 aliphatic rings. The summed E-state index contributed by atoms with van der Waals surface area (Å²) in [6.07, 6.45) is 8.42. The first kappa shape index (κ1) is 15.8. The molecule has 0 aromatic heterocycles. The van der Waals surface area contributed by atoms with E-state index in [0.717, 1.165) is 30.2 Å². The molecule has 3 heteroatoms. The zero-order valence-corrected chi connectivity index (χ0v) is 14.1. The van der Waals surface area contributed by atoms with E-state index in [9.17, 15) is 0 Å². The standard InChI is InChI=1S/C18H35N3/c1-14(2)12-21-9-7-18(13-19,8-10-21)20-11-17(15-3-4-15)16-5-6-16/h14-17,20H,3-13,19H2,1-2H3. The molecule has 0 radical (unpaired) electrons. The monoisotopic (exact) mass is 293 g/mol. The first-order chi connectivity index (χ1) is 10.1. The molecular formula is C18H35N3. The van der Waals surface area contributed by atoms with Crippen LogP contribution in [0.1, 0.15) is 52.4 Å². The van der Waals surface area contributed by atoms with E-state index in [1.165, 1.54) is 64.7 Å². The van der Waals surface area contributed by atoms with Crippen LogP contribution < -0.4 is 11.1 Å². The maximum Gasteiger partial charge on any atom is 0.0328 e. The molecule has 0 amide bonds. The van der Waals surface area contributed by atoms with Gasteiger partial charge >= 0.3 is 0 Å². The van der Waals surface area contributed by atoms with Crippen LogP contribution in [0, 0.1) is 23.7 Å². The molecule has 122 valence electrons. The molecule has 0 spiro atoms. The van der Waals surface area contributed by atoms with Gasteiger partial charge in [0.05, 0.1) is 0 Å². The van der Waals surface area contributed by atoms with E-state index in [1.807, 2.05) is 0 Å². The highest BCUT2D eigenvalue weighted by atomic mass is 15.2. The summed E-state index contributed by atoms with van der Waals surface area (Å²) in [4.78, 5) is 2.62. The van der Waals surface area contributed by atoms with Crippen molar-refractivity contribution in [1.29, 1.82) is 0 Å². The van der Waals surface area contributed by atoms with Crippen LogP contribution in [0.3, 0.4) is 0 Å². The van der Waals surface area contributed by atoms with E-state index >= 15 is 0 Å². The van der Waals surface area contributed by atoms with Gasteiger partial charge < -0.3 is 16.0 Å². The van der Waals surface area contributed by atoms with Crippen molar-refractivity contribution in [3.63, 3.8) is 0 Å². The molecule has 0 bridgehead atoms. The zero-order chi connectivity index (χ0) is 14.9. The van der Waals surface area contributed by atoms with E-state index < -0.39 is 0 Å². The van der Waals surface area contributed by atoms with Gasteiger partial charge in [-0.3, -0.25) is 0 Å². The molecule has 2 aliphatic carbocycles. The van der Waals surface area contributed by atoms with Crippen molar-refractivity contribution < 1.29 is 0 Å². The lowest BCUT2D eigenvalue weighted by Crippen LogP contribution is -2.59. The number of nitrogens with two attached hydrogens (primary N) is 1. The average molecular weight is 293 g/mol. The fourth-order valence-electron chi connectivity index (χ4n) is 4.23. The highest BCUT2D eigenvalue weighted by Gasteiger charge is 2.42. The third-order valence-corrected chi connectivity index (χ3v) is 6.00. The van der Waals surface area contributed by atoms with Crippen molar-refractivity contribution >= 4 is 0 Å². The lowest BCUT2D eigenvalue weighted by molar-refractivity contribution is 0.122. The number of nitrogens with one attached hydrogen (secondary N) is 1. The molecule has 0 aromatic rings. The van der Waals surface area contributed by atoms with Crippen LogP contribution in [-0.2, 0) is 0 Å². The first-order valence-corrected chi connectivity index (χ1v) is 9.29. The number of piperidine rings is 1. The van der Waals surface area contributed by atoms with Gasteiger partial charge in [-0.15, -0.1) is 0 Å². The average Bonchev–Trinajstić information content (AvgIpc) is 3.35.